The minimum Gasteiger partial charge on any atom is -0.748 e. The number of fused-ring (bicyclic) bond motifs is 6. The van der Waals surface area contributed by atoms with Gasteiger partial charge in [0.1, 0.15) is 21.6 Å². The number of pyridine rings is 2. The van der Waals surface area contributed by atoms with E-state index in [-0.39, 0.29) is 12.8 Å². The second kappa shape index (κ2) is 15.7. The second-order valence-corrected chi connectivity index (χ2v) is 21.0. The molecule has 0 N–H and O–H groups in total. The third-order valence-corrected chi connectivity index (χ3v) is 14.7. The number of allylic oxidation sites excluding steroid dienone is 8. The van der Waals surface area contributed by atoms with Gasteiger partial charge in [0.05, 0.1) is 47.6 Å². The molecule has 5 aliphatic rings. The molecule has 0 spiro atoms. The van der Waals surface area contributed by atoms with Crippen LogP contribution in [0.1, 0.15) is 95.6 Å². The van der Waals surface area contributed by atoms with Crippen LogP contribution in [0.2, 0.25) is 0 Å². The molecule has 0 aromatic carbocycles. The number of aromatic nitrogens is 2. The maximum atomic E-state index is 12.0. The van der Waals surface area contributed by atoms with Gasteiger partial charge in [-0.1, -0.05) is 18.2 Å². The maximum absolute atomic E-state index is 12.0. The molecule has 57 heavy (non-hydrogen) atoms. The molecule has 7 rings (SSSR count). The topological polar surface area (TPSA) is 236 Å². The minimum atomic E-state index is -4.76. The van der Waals surface area contributed by atoms with Gasteiger partial charge < -0.3 is 28.1 Å². The summed E-state index contributed by atoms with van der Waals surface area (Å²) >= 11 is 0.694. The monoisotopic (exact) mass is 859 g/mol. The summed E-state index contributed by atoms with van der Waals surface area (Å²) in [5.74, 6) is 0.317. The average molecular weight is 860 g/mol. The highest BCUT2D eigenvalue weighted by molar-refractivity contribution is 7.94. The Bertz CT molecular complexity index is 2490. The molecule has 1 fully saturated rings. The predicted molar refractivity (Wildman–Crippen MR) is 206 cm³/mol. The van der Waals surface area contributed by atoms with Gasteiger partial charge in [-0.3, -0.25) is 0 Å². The average Bonchev–Trinajstić information content (AvgIpc) is 3.78. The molecule has 19 heteroatoms. The fraction of sp³-hybridized carbons (Fsp3) is 0.500. The Morgan fingerprint density at radius 2 is 1.58 bits per heavy atom. The van der Waals surface area contributed by atoms with Gasteiger partial charge in [0.25, 0.3) is 0 Å². The first-order valence-electron chi connectivity index (χ1n) is 18.9. The van der Waals surface area contributed by atoms with Crippen molar-refractivity contribution in [2.75, 3.05) is 29.5 Å². The zero-order chi connectivity index (χ0) is 41.0. The zero-order valence-corrected chi connectivity index (χ0v) is 34.8. The smallest absolute Gasteiger partial charge is 0.327 e. The largest absolute Gasteiger partial charge is 0.748 e. The van der Waals surface area contributed by atoms with Crippen LogP contribution in [0, 0.1) is 0 Å². The minimum absolute atomic E-state index is 0.152. The maximum Gasteiger partial charge on any atom is 0.327 e. The SMILES string of the molecule is CC12CCC(/C=C3C=C(/C=C4\CCC5(C)C4=[N+](CCCCS(=O)(=O)[O-])c4ncc(SO[O-])cc45)CCC/3)=C1N(CCCCS(=O)(=O)[O-])c1ncc(S(=O)(=O)[O-])cc12. The Morgan fingerprint density at radius 1 is 0.860 bits per heavy atom. The molecular weight excluding hydrogens is 817 g/mol. The van der Waals surface area contributed by atoms with Crippen molar-refractivity contribution in [1.29, 1.82) is 0 Å². The molecule has 2 unspecified atom stereocenters. The van der Waals surface area contributed by atoms with Crippen LogP contribution in [0.25, 0.3) is 0 Å². The van der Waals surface area contributed by atoms with Gasteiger partial charge in [0.15, 0.2) is 6.20 Å². The van der Waals surface area contributed by atoms with Crippen molar-refractivity contribution in [1.82, 2.24) is 9.97 Å². The molecule has 2 aromatic rings. The van der Waals surface area contributed by atoms with Crippen LogP contribution >= 0.6 is 12.0 Å². The van der Waals surface area contributed by atoms with Gasteiger partial charge >= 0.3 is 5.82 Å². The number of unbranched alkanes of at least 4 members (excludes halogenated alkanes) is 2. The molecule has 1 saturated carbocycles. The van der Waals surface area contributed by atoms with E-state index in [1.54, 1.807) is 6.20 Å². The van der Waals surface area contributed by atoms with Crippen molar-refractivity contribution in [3.63, 3.8) is 0 Å². The van der Waals surface area contributed by atoms with Gasteiger partial charge in [-0.05, 0) is 124 Å². The lowest BCUT2D eigenvalue weighted by Gasteiger charge is -2.26. The Morgan fingerprint density at radius 3 is 2.28 bits per heavy atom. The van der Waals surface area contributed by atoms with Gasteiger partial charge in [-0.25, -0.2) is 34.8 Å². The molecule has 2 aromatic heterocycles. The summed E-state index contributed by atoms with van der Waals surface area (Å²) < 4.78 is 110. The van der Waals surface area contributed by atoms with Crippen LogP contribution in [-0.4, -0.2) is 83.8 Å². The molecular formula is C38H43N4O11S4-3. The van der Waals surface area contributed by atoms with Crippen molar-refractivity contribution in [2.24, 2.45) is 0 Å². The number of anilines is 1. The van der Waals surface area contributed by atoms with Crippen LogP contribution < -0.4 is 10.2 Å². The summed E-state index contributed by atoms with van der Waals surface area (Å²) in [5, 5.41) is 11.0. The van der Waals surface area contributed by atoms with Crippen LogP contribution in [0.4, 0.5) is 11.6 Å². The van der Waals surface area contributed by atoms with E-state index in [0.717, 1.165) is 83.4 Å². The summed E-state index contributed by atoms with van der Waals surface area (Å²) in [4.78, 5) is 11.3. The molecule has 3 aliphatic carbocycles. The standard InChI is InChI=1S/C38H46N4O11S4/c1-37-12-10-27(33(37)41(14-3-5-16-55(44,45)46)35-31(37)21-29(23-39-35)54-53-43)19-25-8-7-9-26(18-25)20-28-11-13-38(2)32-22-30(57(50,51)52)24-40-36(32)42(34(28)38)15-4-6-17-56(47,48)49/h18-24H,3-17H2,1-2H3,(H3-,43,44,45,46,47,48,49,50,51,52)/p-3. The Balaban J connectivity index is 1.23. The van der Waals surface area contributed by atoms with E-state index in [4.69, 9.17) is 4.98 Å². The van der Waals surface area contributed by atoms with Gasteiger partial charge in [-0.2, -0.15) is 0 Å². The summed E-state index contributed by atoms with van der Waals surface area (Å²) in [5.41, 5.74) is 6.97. The highest BCUT2D eigenvalue weighted by atomic mass is 32.2. The van der Waals surface area contributed by atoms with Gasteiger partial charge in [0.2, 0.25) is 0 Å². The van der Waals surface area contributed by atoms with Crippen molar-refractivity contribution in [3.05, 3.63) is 81.9 Å². The fourth-order valence-electron chi connectivity index (χ4n) is 9.34. The van der Waals surface area contributed by atoms with Crippen molar-refractivity contribution in [3.8, 4) is 0 Å². The van der Waals surface area contributed by atoms with Crippen LogP contribution in [0.3, 0.4) is 0 Å². The summed E-state index contributed by atoms with van der Waals surface area (Å²) in [6, 6.07) is 3.33. The van der Waals surface area contributed by atoms with E-state index in [2.05, 4.69) is 39.0 Å². The molecule has 15 nitrogen and oxygen atoms in total. The highest BCUT2D eigenvalue weighted by Gasteiger charge is 2.53. The fourth-order valence-corrected chi connectivity index (χ4v) is 11.2. The lowest BCUT2D eigenvalue weighted by atomic mass is 9.81. The molecule has 0 bridgehead atoms. The summed E-state index contributed by atoms with van der Waals surface area (Å²) in [6.45, 7) is 4.98. The number of hydrogen-bond donors (Lipinski definition) is 0. The third kappa shape index (κ3) is 8.58. The molecule has 0 amide bonds. The second-order valence-electron chi connectivity index (χ2n) is 15.8. The van der Waals surface area contributed by atoms with Crippen molar-refractivity contribution >= 4 is 59.7 Å². The Kier molecular flexibility index (Phi) is 11.6. The van der Waals surface area contributed by atoms with Crippen LogP contribution in [0.5, 0.6) is 0 Å². The van der Waals surface area contributed by atoms with E-state index in [0.29, 0.717) is 67.1 Å². The quantitative estimate of drug-likeness (QED) is 0.0607. The van der Waals surface area contributed by atoms with E-state index < -0.39 is 57.6 Å². The molecule has 2 aliphatic heterocycles. The third-order valence-electron chi connectivity index (χ3n) is 11.9. The lowest BCUT2D eigenvalue weighted by molar-refractivity contribution is -0.630. The first-order valence-corrected chi connectivity index (χ1v) is 24.2. The van der Waals surface area contributed by atoms with Crippen molar-refractivity contribution < 1.29 is 53.1 Å². The normalized spacial score (nSPS) is 24.7. The Hall–Kier alpha value is -3.27. The zero-order valence-electron chi connectivity index (χ0n) is 31.6. The van der Waals surface area contributed by atoms with Crippen molar-refractivity contribution in [2.45, 2.75) is 105 Å². The number of rotatable bonds is 15. The first kappa shape index (κ1) is 41.9. The van der Waals surface area contributed by atoms with E-state index in [1.165, 1.54) is 6.07 Å². The number of nitrogens with zero attached hydrogens (tertiary/aromatic N) is 4. The number of hydrogen-bond acceptors (Lipinski definition) is 15. The van der Waals surface area contributed by atoms with Crippen LogP contribution in [-0.2, 0) is 45.5 Å². The van der Waals surface area contributed by atoms with Gasteiger partial charge in [-0.15, -0.1) is 0 Å². The predicted octanol–water partition coefficient (Wildman–Crippen LogP) is 4.27. The van der Waals surface area contributed by atoms with E-state index in [1.807, 2.05) is 17.9 Å². The Labute approximate surface area is 337 Å². The summed E-state index contributed by atoms with van der Waals surface area (Å²) in [6.07, 6.45) is 15.9. The lowest BCUT2D eigenvalue weighted by Crippen LogP contribution is -2.28. The summed E-state index contributed by atoms with van der Waals surface area (Å²) in [7, 11) is -13.5. The molecule has 0 radical (unpaired) electrons. The molecule has 2 atom stereocenters. The van der Waals surface area contributed by atoms with Gasteiger partial charge in [0, 0.05) is 53.0 Å². The molecule has 308 valence electrons. The highest BCUT2D eigenvalue weighted by Crippen LogP contribution is 2.56. The first-order chi connectivity index (χ1) is 26.8. The van der Waals surface area contributed by atoms with Crippen LogP contribution in [0.15, 0.2) is 80.5 Å². The molecule has 0 saturated heterocycles. The molecule has 4 heterocycles. The van der Waals surface area contributed by atoms with E-state index >= 15 is 0 Å². The van der Waals surface area contributed by atoms with E-state index in [9.17, 15) is 44.2 Å².